The van der Waals surface area contributed by atoms with Crippen LogP contribution in [-0.4, -0.2) is 36.2 Å². The van der Waals surface area contributed by atoms with Gasteiger partial charge < -0.3 is 9.30 Å². The van der Waals surface area contributed by atoms with Gasteiger partial charge in [0.05, 0.1) is 30.3 Å². The second kappa shape index (κ2) is 6.83. The van der Waals surface area contributed by atoms with Crippen molar-refractivity contribution in [2.45, 2.75) is 6.54 Å². The molecular weight excluding hydrogens is 368 g/mol. The molecular formula is C21H16N6O2. The van der Waals surface area contributed by atoms with E-state index in [2.05, 4.69) is 20.1 Å². The van der Waals surface area contributed by atoms with Crippen molar-refractivity contribution in [2.24, 2.45) is 0 Å². The minimum absolute atomic E-state index is 0.158. The van der Waals surface area contributed by atoms with E-state index in [1.165, 1.54) is 6.33 Å². The molecule has 8 heteroatoms. The topological polar surface area (TPSA) is 87.2 Å². The predicted molar refractivity (Wildman–Crippen MR) is 108 cm³/mol. The van der Waals surface area contributed by atoms with E-state index < -0.39 is 0 Å². The van der Waals surface area contributed by atoms with E-state index in [1.807, 2.05) is 42.5 Å². The Balaban J connectivity index is 1.81. The fraction of sp³-hybridized carbons (Fsp3) is 0.0952. The van der Waals surface area contributed by atoms with Crippen LogP contribution in [0.5, 0.6) is 5.75 Å². The summed E-state index contributed by atoms with van der Waals surface area (Å²) in [6, 6.07) is 13.1. The van der Waals surface area contributed by atoms with Gasteiger partial charge in [0.2, 0.25) is 0 Å². The van der Waals surface area contributed by atoms with Crippen molar-refractivity contribution < 1.29 is 4.74 Å². The average molecular weight is 384 g/mol. The molecule has 142 valence electrons. The summed E-state index contributed by atoms with van der Waals surface area (Å²) >= 11 is 0. The second-order valence-electron chi connectivity index (χ2n) is 6.53. The first kappa shape index (κ1) is 17.1. The van der Waals surface area contributed by atoms with Gasteiger partial charge in [0.25, 0.3) is 11.3 Å². The number of methoxy groups -OCH3 is 1. The smallest absolute Gasteiger partial charge is 0.262 e. The quantitative estimate of drug-likeness (QED) is 0.473. The zero-order valence-electron chi connectivity index (χ0n) is 15.6. The number of aromatic nitrogens is 6. The molecule has 5 aromatic rings. The zero-order chi connectivity index (χ0) is 19.8. The molecule has 0 saturated heterocycles. The molecule has 0 spiro atoms. The molecule has 0 atom stereocenters. The molecule has 0 unspecified atom stereocenters. The minimum Gasteiger partial charge on any atom is -0.497 e. The second-order valence-corrected chi connectivity index (χ2v) is 6.53. The number of benzene rings is 1. The Labute approximate surface area is 165 Å². The molecule has 1 aromatic carbocycles. The van der Waals surface area contributed by atoms with Crippen molar-refractivity contribution in [1.82, 2.24) is 29.1 Å². The molecule has 0 saturated carbocycles. The maximum absolute atomic E-state index is 13.5. The molecule has 0 fully saturated rings. The summed E-state index contributed by atoms with van der Waals surface area (Å²) in [6.07, 6.45) is 6.63. The van der Waals surface area contributed by atoms with Crippen molar-refractivity contribution >= 4 is 16.7 Å². The number of ether oxygens (including phenoxy) is 1. The highest BCUT2D eigenvalue weighted by molar-refractivity contribution is 5.93. The van der Waals surface area contributed by atoms with Crippen LogP contribution in [0.25, 0.3) is 27.9 Å². The van der Waals surface area contributed by atoms with E-state index in [1.54, 1.807) is 34.8 Å². The van der Waals surface area contributed by atoms with Gasteiger partial charge in [-0.2, -0.15) is 14.6 Å². The summed E-state index contributed by atoms with van der Waals surface area (Å²) < 4.78 is 8.60. The largest absolute Gasteiger partial charge is 0.497 e. The maximum Gasteiger partial charge on any atom is 0.262 e. The van der Waals surface area contributed by atoms with Gasteiger partial charge in [0.1, 0.15) is 12.1 Å². The average Bonchev–Trinajstić information content (AvgIpc) is 3.23. The van der Waals surface area contributed by atoms with Gasteiger partial charge >= 0.3 is 0 Å². The van der Waals surface area contributed by atoms with Crippen LogP contribution < -0.4 is 10.3 Å². The van der Waals surface area contributed by atoms with Crippen LogP contribution in [0.4, 0.5) is 0 Å². The van der Waals surface area contributed by atoms with E-state index in [9.17, 15) is 4.79 Å². The van der Waals surface area contributed by atoms with Crippen LogP contribution in [0.15, 0.2) is 72.2 Å². The lowest BCUT2D eigenvalue weighted by molar-refractivity contribution is 0.415. The molecule has 0 aliphatic carbocycles. The molecule has 4 aromatic heterocycles. The van der Waals surface area contributed by atoms with E-state index in [4.69, 9.17) is 4.74 Å². The third-order valence-electron chi connectivity index (χ3n) is 4.76. The molecule has 0 bridgehead atoms. The summed E-state index contributed by atoms with van der Waals surface area (Å²) in [7, 11) is 1.61. The van der Waals surface area contributed by atoms with Gasteiger partial charge in [-0.25, -0.2) is 4.98 Å². The monoisotopic (exact) mass is 384 g/mol. The fourth-order valence-corrected chi connectivity index (χ4v) is 3.41. The minimum atomic E-state index is -0.158. The van der Waals surface area contributed by atoms with Crippen LogP contribution in [0.1, 0.15) is 5.56 Å². The molecule has 0 N–H and O–H groups in total. The van der Waals surface area contributed by atoms with Gasteiger partial charge in [0.15, 0.2) is 0 Å². The first-order valence-electron chi connectivity index (χ1n) is 9.01. The highest BCUT2D eigenvalue weighted by Gasteiger charge is 2.17. The lowest BCUT2D eigenvalue weighted by Crippen LogP contribution is -2.22. The van der Waals surface area contributed by atoms with E-state index in [0.29, 0.717) is 34.7 Å². The van der Waals surface area contributed by atoms with Gasteiger partial charge in [-0.1, -0.05) is 18.2 Å². The van der Waals surface area contributed by atoms with Gasteiger partial charge in [0, 0.05) is 24.2 Å². The lowest BCUT2D eigenvalue weighted by Gasteiger charge is -2.12. The number of hydrogen-bond acceptors (Lipinski definition) is 6. The summed E-state index contributed by atoms with van der Waals surface area (Å²) in [5.41, 5.74) is 2.77. The molecule has 8 nitrogen and oxygen atoms in total. The summed E-state index contributed by atoms with van der Waals surface area (Å²) in [5, 5.41) is 4.77. The number of pyridine rings is 2. The Morgan fingerprint density at radius 2 is 2.07 bits per heavy atom. The first-order chi connectivity index (χ1) is 14.2. The van der Waals surface area contributed by atoms with Crippen LogP contribution in [0, 0.1) is 0 Å². The standard InChI is InChI=1S/C21H16N6O2/c1-29-16-6-2-5-15(10-16)19-18-17(25-21-23-13-24-27(19)21)7-9-26(20(18)28)12-14-4-3-8-22-11-14/h2-11,13H,12H2,1H3. The van der Waals surface area contributed by atoms with Crippen LogP contribution in [0.2, 0.25) is 0 Å². The van der Waals surface area contributed by atoms with Crippen molar-refractivity contribution in [2.75, 3.05) is 7.11 Å². The Bertz CT molecular complexity index is 1390. The van der Waals surface area contributed by atoms with Gasteiger partial charge in [-0.05, 0) is 29.8 Å². The zero-order valence-corrected chi connectivity index (χ0v) is 15.6. The summed E-state index contributed by atoms with van der Waals surface area (Å²) in [4.78, 5) is 26.3. The van der Waals surface area contributed by atoms with Crippen molar-refractivity contribution in [3.8, 4) is 17.0 Å². The highest BCUT2D eigenvalue weighted by atomic mass is 16.5. The molecule has 0 aliphatic rings. The first-order valence-corrected chi connectivity index (χ1v) is 9.01. The van der Waals surface area contributed by atoms with Crippen molar-refractivity contribution in [1.29, 1.82) is 0 Å². The molecule has 0 amide bonds. The Morgan fingerprint density at radius 1 is 1.14 bits per heavy atom. The number of hydrogen-bond donors (Lipinski definition) is 0. The van der Waals surface area contributed by atoms with Crippen LogP contribution >= 0.6 is 0 Å². The molecule has 0 radical (unpaired) electrons. The molecule has 0 aliphatic heterocycles. The van der Waals surface area contributed by atoms with Crippen molar-refractivity contribution in [3.63, 3.8) is 0 Å². The maximum atomic E-state index is 13.5. The van der Waals surface area contributed by atoms with Gasteiger partial charge in [-0.3, -0.25) is 9.78 Å². The van der Waals surface area contributed by atoms with Crippen LogP contribution in [-0.2, 0) is 6.54 Å². The Kier molecular flexibility index (Phi) is 4.02. The Morgan fingerprint density at radius 3 is 2.90 bits per heavy atom. The number of fused-ring (bicyclic) bond motifs is 2. The van der Waals surface area contributed by atoms with E-state index >= 15 is 0 Å². The van der Waals surface area contributed by atoms with E-state index in [0.717, 1.165) is 11.1 Å². The third-order valence-corrected chi connectivity index (χ3v) is 4.76. The normalized spacial score (nSPS) is 11.2. The molecule has 29 heavy (non-hydrogen) atoms. The third kappa shape index (κ3) is 2.91. The fourth-order valence-electron chi connectivity index (χ4n) is 3.41. The van der Waals surface area contributed by atoms with Crippen molar-refractivity contribution in [3.05, 3.63) is 83.3 Å². The highest BCUT2D eigenvalue weighted by Crippen LogP contribution is 2.28. The summed E-state index contributed by atoms with van der Waals surface area (Å²) in [6.45, 7) is 0.412. The van der Waals surface area contributed by atoms with E-state index in [-0.39, 0.29) is 5.56 Å². The summed E-state index contributed by atoms with van der Waals surface area (Å²) in [5.74, 6) is 1.12. The number of rotatable bonds is 4. The Hall–Kier alpha value is -4.07. The molecule has 4 heterocycles. The lowest BCUT2D eigenvalue weighted by atomic mass is 10.1. The number of nitrogens with zero attached hydrogens (tertiary/aromatic N) is 6. The SMILES string of the molecule is COc1cccc(-c2c3c(=O)n(Cc4cccnc4)ccc3nc3ncnn23)c1. The van der Waals surface area contributed by atoms with Gasteiger partial charge in [-0.15, -0.1) is 0 Å². The molecule has 5 rings (SSSR count). The predicted octanol–water partition coefficient (Wildman–Crippen LogP) is 2.56. The van der Waals surface area contributed by atoms with Crippen LogP contribution in [0.3, 0.4) is 0 Å².